The Morgan fingerprint density at radius 2 is 1.73 bits per heavy atom. The lowest BCUT2D eigenvalue weighted by Gasteiger charge is -2.20. The minimum absolute atomic E-state index is 0.247. The molecule has 0 aromatic heterocycles. The van der Waals surface area contributed by atoms with E-state index >= 15 is 0 Å². The van der Waals surface area contributed by atoms with Crippen molar-refractivity contribution < 1.29 is 19.4 Å². The monoisotopic (exact) mass is 301 g/mol. The van der Waals surface area contributed by atoms with Crippen molar-refractivity contribution in [3.63, 3.8) is 0 Å². The van der Waals surface area contributed by atoms with E-state index in [-0.39, 0.29) is 12.1 Å². The molecule has 0 fully saturated rings. The molecule has 0 saturated carbocycles. The zero-order valence-electron chi connectivity index (χ0n) is 12.8. The van der Waals surface area contributed by atoms with Gasteiger partial charge in [0.25, 0.3) is 0 Å². The number of aromatic carboxylic acids is 1. The van der Waals surface area contributed by atoms with Crippen LogP contribution in [0.5, 0.6) is 0 Å². The molecule has 0 saturated heterocycles. The summed E-state index contributed by atoms with van der Waals surface area (Å²) in [5, 5.41) is 13.4. The highest BCUT2D eigenvalue weighted by atomic mass is 16.6. The molecule has 2 aromatic carbocycles. The second-order valence-electron chi connectivity index (χ2n) is 5.98. The molecular weight excluding hydrogens is 282 g/mol. The lowest BCUT2D eigenvalue weighted by atomic mass is 9.99. The molecule has 0 unspecified atom stereocenters. The standard InChI is InChI=1S/C17H19NO4/c1-17(2,3)22-16(21)18-10-11-8-9-14(15(19)20)13-7-5-4-6-12(11)13/h4-9H,10H2,1-3H3,(H,18,21)(H,19,20). The van der Waals surface area contributed by atoms with Gasteiger partial charge in [0.05, 0.1) is 5.56 Å². The summed E-state index contributed by atoms with van der Waals surface area (Å²) in [6, 6.07) is 10.5. The number of nitrogens with one attached hydrogen (secondary N) is 1. The summed E-state index contributed by atoms with van der Waals surface area (Å²) in [6.45, 7) is 5.66. The minimum Gasteiger partial charge on any atom is -0.478 e. The average Bonchev–Trinajstić information content (AvgIpc) is 2.42. The van der Waals surface area contributed by atoms with E-state index in [1.165, 1.54) is 0 Å². The second kappa shape index (κ2) is 6.05. The largest absolute Gasteiger partial charge is 0.478 e. The van der Waals surface area contributed by atoms with Gasteiger partial charge in [0.2, 0.25) is 0 Å². The molecule has 0 heterocycles. The molecule has 5 heteroatoms. The fraction of sp³-hybridized carbons (Fsp3) is 0.294. The third-order valence-electron chi connectivity index (χ3n) is 3.07. The first-order valence-corrected chi connectivity index (χ1v) is 6.99. The number of rotatable bonds is 3. The highest BCUT2D eigenvalue weighted by Gasteiger charge is 2.16. The molecule has 0 aliphatic carbocycles. The highest BCUT2D eigenvalue weighted by molar-refractivity contribution is 6.04. The summed E-state index contributed by atoms with van der Waals surface area (Å²) in [5.41, 5.74) is 0.530. The Labute approximate surface area is 128 Å². The van der Waals surface area contributed by atoms with Crippen molar-refractivity contribution in [3.05, 3.63) is 47.5 Å². The lowest BCUT2D eigenvalue weighted by molar-refractivity contribution is 0.0523. The minimum atomic E-state index is -0.970. The summed E-state index contributed by atoms with van der Waals surface area (Å²) in [7, 11) is 0. The Kier molecular flexibility index (Phi) is 4.35. The van der Waals surface area contributed by atoms with Gasteiger partial charge in [-0.2, -0.15) is 0 Å². The van der Waals surface area contributed by atoms with Gasteiger partial charge in [0, 0.05) is 6.54 Å². The molecule has 5 nitrogen and oxygen atoms in total. The lowest BCUT2D eigenvalue weighted by Crippen LogP contribution is -2.32. The third kappa shape index (κ3) is 3.75. The summed E-state index contributed by atoms with van der Waals surface area (Å²) in [5.74, 6) is -0.970. The van der Waals surface area contributed by atoms with Crippen LogP contribution in [0.15, 0.2) is 36.4 Å². The van der Waals surface area contributed by atoms with Crippen LogP contribution in [-0.4, -0.2) is 22.8 Å². The van der Waals surface area contributed by atoms with Crippen molar-refractivity contribution in [2.24, 2.45) is 0 Å². The van der Waals surface area contributed by atoms with Gasteiger partial charge in [-0.25, -0.2) is 9.59 Å². The molecule has 0 atom stereocenters. The van der Waals surface area contributed by atoms with Crippen molar-refractivity contribution in [1.29, 1.82) is 0 Å². The van der Waals surface area contributed by atoms with Crippen molar-refractivity contribution in [2.45, 2.75) is 32.9 Å². The van der Waals surface area contributed by atoms with Gasteiger partial charge in [-0.05, 0) is 43.2 Å². The first-order valence-electron chi connectivity index (χ1n) is 6.99. The normalized spacial score (nSPS) is 11.2. The van der Waals surface area contributed by atoms with Crippen LogP contribution >= 0.6 is 0 Å². The van der Waals surface area contributed by atoms with Crippen LogP contribution in [0.1, 0.15) is 36.7 Å². The van der Waals surface area contributed by atoms with Crippen LogP contribution in [0.4, 0.5) is 4.79 Å². The molecule has 0 spiro atoms. The van der Waals surface area contributed by atoms with E-state index in [0.29, 0.717) is 5.39 Å². The summed E-state index contributed by atoms with van der Waals surface area (Å²) < 4.78 is 5.19. The van der Waals surface area contributed by atoms with Crippen LogP contribution in [0, 0.1) is 0 Å². The van der Waals surface area contributed by atoms with E-state index in [0.717, 1.165) is 10.9 Å². The highest BCUT2D eigenvalue weighted by Crippen LogP contribution is 2.23. The topological polar surface area (TPSA) is 75.6 Å². The Balaban J connectivity index is 2.24. The number of carbonyl (C=O) groups excluding carboxylic acids is 1. The van der Waals surface area contributed by atoms with E-state index in [1.54, 1.807) is 45.0 Å². The van der Waals surface area contributed by atoms with Crippen molar-refractivity contribution in [1.82, 2.24) is 5.32 Å². The molecule has 2 rings (SSSR count). The molecule has 2 N–H and O–H groups in total. The number of hydrogen-bond donors (Lipinski definition) is 2. The third-order valence-corrected chi connectivity index (χ3v) is 3.07. The van der Waals surface area contributed by atoms with Crippen molar-refractivity contribution >= 4 is 22.8 Å². The molecule has 1 amide bonds. The van der Waals surface area contributed by atoms with E-state index in [9.17, 15) is 14.7 Å². The molecular formula is C17H19NO4. The maximum Gasteiger partial charge on any atom is 0.407 e. The van der Waals surface area contributed by atoms with Crippen molar-refractivity contribution in [3.8, 4) is 0 Å². The molecule has 0 bridgehead atoms. The molecule has 116 valence electrons. The van der Waals surface area contributed by atoms with Gasteiger partial charge in [0.15, 0.2) is 0 Å². The van der Waals surface area contributed by atoms with Crippen LogP contribution < -0.4 is 5.32 Å². The van der Waals surface area contributed by atoms with Gasteiger partial charge in [-0.15, -0.1) is 0 Å². The maximum absolute atomic E-state index is 11.7. The maximum atomic E-state index is 11.7. The van der Waals surface area contributed by atoms with E-state index < -0.39 is 17.7 Å². The van der Waals surface area contributed by atoms with Crippen molar-refractivity contribution in [2.75, 3.05) is 0 Å². The van der Waals surface area contributed by atoms with Gasteiger partial charge < -0.3 is 15.2 Å². The number of carbonyl (C=O) groups is 2. The Morgan fingerprint density at radius 1 is 1.09 bits per heavy atom. The van der Waals surface area contributed by atoms with Gasteiger partial charge in [0.1, 0.15) is 5.60 Å². The fourth-order valence-electron chi connectivity index (χ4n) is 2.18. The predicted molar refractivity (Wildman–Crippen MR) is 84.0 cm³/mol. The Hall–Kier alpha value is -2.56. The summed E-state index contributed by atoms with van der Waals surface area (Å²) in [4.78, 5) is 23.0. The van der Waals surface area contributed by atoms with Crippen LogP contribution in [0.25, 0.3) is 10.8 Å². The molecule has 0 radical (unpaired) electrons. The van der Waals surface area contributed by atoms with Crippen LogP contribution in [0.2, 0.25) is 0 Å². The zero-order valence-corrected chi connectivity index (χ0v) is 12.8. The molecule has 0 aliphatic heterocycles. The molecule has 2 aromatic rings. The second-order valence-corrected chi connectivity index (χ2v) is 5.98. The first kappa shape index (κ1) is 15.8. The smallest absolute Gasteiger partial charge is 0.407 e. The van der Waals surface area contributed by atoms with Gasteiger partial charge >= 0.3 is 12.1 Å². The summed E-state index contributed by atoms with van der Waals surface area (Å²) in [6.07, 6.45) is -0.501. The number of hydrogen-bond acceptors (Lipinski definition) is 3. The van der Waals surface area contributed by atoms with E-state index in [4.69, 9.17) is 4.74 Å². The number of amides is 1. The number of fused-ring (bicyclic) bond motifs is 1. The molecule has 0 aliphatic rings. The number of alkyl carbamates (subject to hydrolysis) is 1. The fourth-order valence-corrected chi connectivity index (χ4v) is 2.18. The first-order chi connectivity index (χ1) is 10.3. The number of carboxylic acids is 1. The SMILES string of the molecule is CC(C)(C)OC(=O)NCc1ccc(C(=O)O)c2ccccc12. The predicted octanol–water partition coefficient (Wildman–Crippen LogP) is 3.56. The van der Waals surface area contributed by atoms with E-state index in [1.807, 2.05) is 12.1 Å². The van der Waals surface area contributed by atoms with E-state index in [2.05, 4.69) is 5.32 Å². The van der Waals surface area contributed by atoms with Gasteiger partial charge in [-0.1, -0.05) is 30.3 Å². The van der Waals surface area contributed by atoms with Crippen LogP contribution in [0.3, 0.4) is 0 Å². The average molecular weight is 301 g/mol. The quantitative estimate of drug-likeness (QED) is 0.908. The zero-order chi connectivity index (χ0) is 16.3. The summed E-state index contributed by atoms with van der Waals surface area (Å²) >= 11 is 0. The Bertz CT molecular complexity index is 716. The Morgan fingerprint density at radius 3 is 2.32 bits per heavy atom. The number of benzene rings is 2. The van der Waals surface area contributed by atoms with Gasteiger partial charge in [-0.3, -0.25) is 0 Å². The number of ether oxygens (including phenoxy) is 1. The molecule has 22 heavy (non-hydrogen) atoms. The number of carboxylic acid groups (broad SMARTS) is 1. The van der Waals surface area contributed by atoms with Crippen LogP contribution in [-0.2, 0) is 11.3 Å².